The Morgan fingerprint density at radius 3 is 2.53 bits per heavy atom. The highest BCUT2D eigenvalue weighted by Gasteiger charge is 2.06. The summed E-state index contributed by atoms with van der Waals surface area (Å²) in [6.07, 6.45) is 4.59. The van der Waals surface area contributed by atoms with E-state index in [1.807, 2.05) is 0 Å². The second kappa shape index (κ2) is 6.99. The number of hydrogen-bond acceptors (Lipinski definition) is 2. The van der Waals surface area contributed by atoms with Gasteiger partial charge in [-0.1, -0.05) is 47.8 Å². The van der Waals surface area contributed by atoms with Crippen LogP contribution in [0.4, 0.5) is 0 Å². The van der Waals surface area contributed by atoms with E-state index in [1.54, 1.807) is 0 Å². The van der Waals surface area contributed by atoms with E-state index in [0.717, 1.165) is 17.3 Å². The molecule has 0 aliphatic heterocycles. The molecule has 0 heterocycles. The molecule has 2 nitrogen and oxygen atoms in total. The van der Waals surface area contributed by atoms with Crippen LogP contribution in [0.15, 0.2) is 28.7 Å². The first-order chi connectivity index (χ1) is 7.26. The molecule has 84 valence electrons. The third-order valence-corrected chi connectivity index (χ3v) is 3.07. The van der Waals surface area contributed by atoms with E-state index in [0.29, 0.717) is 6.04 Å². The molecule has 0 aromatic heterocycles. The molecular weight excluding hydrogens is 252 g/mol. The van der Waals surface area contributed by atoms with Crippen LogP contribution in [0.2, 0.25) is 0 Å². The van der Waals surface area contributed by atoms with Gasteiger partial charge >= 0.3 is 0 Å². The fraction of sp³-hybridized carbons (Fsp3) is 0.500. The molecule has 0 aliphatic rings. The Labute approximate surface area is 100 Å². The fourth-order valence-electron chi connectivity index (χ4n) is 1.60. The van der Waals surface area contributed by atoms with Crippen molar-refractivity contribution in [2.45, 2.75) is 38.6 Å². The number of hydrogen-bond donors (Lipinski definition) is 2. The molecule has 0 saturated carbocycles. The summed E-state index contributed by atoms with van der Waals surface area (Å²) in [5.41, 5.74) is 4.22. The standard InChI is InChI=1S/C12H19BrN2/c1-2-3-4-12(15-14)9-10-5-7-11(13)8-6-10/h5-8,12,15H,2-4,9,14H2,1H3. The van der Waals surface area contributed by atoms with Crippen molar-refractivity contribution in [2.75, 3.05) is 0 Å². The number of benzene rings is 1. The summed E-state index contributed by atoms with van der Waals surface area (Å²) in [5, 5.41) is 0. The zero-order valence-corrected chi connectivity index (χ0v) is 10.8. The summed E-state index contributed by atoms with van der Waals surface area (Å²) in [6, 6.07) is 8.82. The van der Waals surface area contributed by atoms with Crippen LogP contribution in [0, 0.1) is 0 Å². The van der Waals surface area contributed by atoms with Crippen molar-refractivity contribution >= 4 is 15.9 Å². The van der Waals surface area contributed by atoms with Crippen LogP contribution in [-0.4, -0.2) is 6.04 Å². The Hall–Kier alpha value is -0.380. The number of halogens is 1. The van der Waals surface area contributed by atoms with Crippen LogP contribution in [-0.2, 0) is 6.42 Å². The van der Waals surface area contributed by atoms with Gasteiger partial charge in [0.25, 0.3) is 0 Å². The third-order valence-electron chi connectivity index (χ3n) is 2.54. The second-order valence-corrected chi connectivity index (χ2v) is 4.75. The van der Waals surface area contributed by atoms with Crippen LogP contribution >= 0.6 is 15.9 Å². The summed E-state index contributed by atoms with van der Waals surface area (Å²) >= 11 is 3.43. The highest BCUT2D eigenvalue weighted by Crippen LogP contribution is 2.13. The minimum atomic E-state index is 0.395. The second-order valence-electron chi connectivity index (χ2n) is 3.84. The monoisotopic (exact) mass is 270 g/mol. The summed E-state index contributed by atoms with van der Waals surface area (Å²) < 4.78 is 1.12. The molecule has 0 aliphatic carbocycles. The van der Waals surface area contributed by atoms with Gasteiger partial charge in [0.1, 0.15) is 0 Å². The molecule has 0 bridgehead atoms. The Kier molecular flexibility index (Phi) is 5.91. The van der Waals surface area contributed by atoms with Crippen molar-refractivity contribution in [3.05, 3.63) is 34.3 Å². The van der Waals surface area contributed by atoms with E-state index in [9.17, 15) is 0 Å². The number of unbranched alkanes of at least 4 members (excludes halogenated alkanes) is 1. The molecule has 0 saturated heterocycles. The molecular formula is C12H19BrN2. The highest BCUT2D eigenvalue weighted by atomic mass is 79.9. The third kappa shape index (κ3) is 4.78. The summed E-state index contributed by atoms with van der Waals surface area (Å²) in [4.78, 5) is 0. The zero-order chi connectivity index (χ0) is 11.1. The Morgan fingerprint density at radius 2 is 2.00 bits per heavy atom. The van der Waals surface area contributed by atoms with E-state index in [1.165, 1.54) is 18.4 Å². The average Bonchev–Trinajstić information content (AvgIpc) is 2.27. The van der Waals surface area contributed by atoms with Crippen LogP contribution in [0.3, 0.4) is 0 Å². The van der Waals surface area contributed by atoms with Gasteiger partial charge in [-0.3, -0.25) is 11.3 Å². The lowest BCUT2D eigenvalue weighted by Gasteiger charge is -2.15. The molecule has 0 radical (unpaired) electrons. The van der Waals surface area contributed by atoms with E-state index in [2.05, 4.69) is 52.5 Å². The van der Waals surface area contributed by atoms with Gasteiger partial charge in [-0.05, 0) is 30.5 Å². The maximum Gasteiger partial charge on any atom is 0.0250 e. The highest BCUT2D eigenvalue weighted by molar-refractivity contribution is 9.10. The normalized spacial score (nSPS) is 12.7. The molecule has 1 aromatic carbocycles. The lowest BCUT2D eigenvalue weighted by Crippen LogP contribution is -2.36. The first-order valence-electron chi connectivity index (χ1n) is 5.46. The van der Waals surface area contributed by atoms with Gasteiger partial charge < -0.3 is 0 Å². The lowest BCUT2D eigenvalue weighted by atomic mass is 10.0. The van der Waals surface area contributed by atoms with Gasteiger partial charge in [0.2, 0.25) is 0 Å². The lowest BCUT2D eigenvalue weighted by molar-refractivity contribution is 0.473. The first-order valence-corrected chi connectivity index (χ1v) is 6.26. The number of rotatable bonds is 6. The molecule has 0 fully saturated rings. The van der Waals surface area contributed by atoms with Crippen molar-refractivity contribution in [1.29, 1.82) is 0 Å². The quantitative estimate of drug-likeness (QED) is 0.616. The molecule has 1 atom stereocenters. The largest absolute Gasteiger partial charge is 0.271 e. The van der Waals surface area contributed by atoms with Gasteiger partial charge in [0, 0.05) is 10.5 Å². The zero-order valence-electron chi connectivity index (χ0n) is 9.17. The van der Waals surface area contributed by atoms with Crippen LogP contribution in [0.1, 0.15) is 31.7 Å². The summed E-state index contributed by atoms with van der Waals surface area (Å²) in [7, 11) is 0. The maximum atomic E-state index is 5.53. The van der Waals surface area contributed by atoms with Crippen LogP contribution in [0.25, 0.3) is 0 Å². The average molecular weight is 271 g/mol. The van der Waals surface area contributed by atoms with E-state index < -0.39 is 0 Å². The predicted molar refractivity (Wildman–Crippen MR) is 68.5 cm³/mol. The predicted octanol–water partition coefficient (Wildman–Crippen LogP) is 3.01. The topological polar surface area (TPSA) is 38.0 Å². The number of nitrogens with two attached hydrogens (primary N) is 1. The molecule has 3 N–H and O–H groups in total. The smallest absolute Gasteiger partial charge is 0.0250 e. The van der Waals surface area contributed by atoms with Gasteiger partial charge in [-0.2, -0.15) is 0 Å². The van der Waals surface area contributed by atoms with Crippen molar-refractivity contribution in [1.82, 2.24) is 5.43 Å². The minimum absolute atomic E-state index is 0.395. The minimum Gasteiger partial charge on any atom is -0.271 e. The van der Waals surface area contributed by atoms with E-state index in [-0.39, 0.29) is 0 Å². The number of hydrazine groups is 1. The molecule has 1 unspecified atom stereocenters. The summed E-state index contributed by atoms with van der Waals surface area (Å²) in [6.45, 7) is 2.20. The number of nitrogens with one attached hydrogen (secondary N) is 1. The van der Waals surface area contributed by atoms with Crippen molar-refractivity contribution in [3.8, 4) is 0 Å². The van der Waals surface area contributed by atoms with Crippen LogP contribution < -0.4 is 11.3 Å². The Balaban J connectivity index is 2.47. The Bertz CT molecular complexity index is 271. The van der Waals surface area contributed by atoms with E-state index in [4.69, 9.17) is 5.84 Å². The van der Waals surface area contributed by atoms with Gasteiger partial charge in [0.05, 0.1) is 0 Å². The maximum absolute atomic E-state index is 5.53. The summed E-state index contributed by atoms with van der Waals surface area (Å²) in [5.74, 6) is 5.53. The van der Waals surface area contributed by atoms with Crippen molar-refractivity contribution in [2.24, 2.45) is 5.84 Å². The van der Waals surface area contributed by atoms with Gasteiger partial charge in [-0.15, -0.1) is 0 Å². The van der Waals surface area contributed by atoms with E-state index >= 15 is 0 Å². The first kappa shape index (κ1) is 12.7. The Morgan fingerprint density at radius 1 is 1.33 bits per heavy atom. The van der Waals surface area contributed by atoms with Crippen LogP contribution in [0.5, 0.6) is 0 Å². The SMILES string of the molecule is CCCCC(Cc1ccc(Br)cc1)NN. The molecule has 0 spiro atoms. The molecule has 0 amide bonds. The molecule has 1 aromatic rings. The van der Waals surface area contributed by atoms with Crippen molar-refractivity contribution < 1.29 is 0 Å². The van der Waals surface area contributed by atoms with Gasteiger partial charge in [-0.25, -0.2) is 0 Å². The van der Waals surface area contributed by atoms with Gasteiger partial charge in [0.15, 0.2) is 0 Å². The molecule has 1 rings (SSSR count). The molecule has 15 heavy (non-hydrogen) atoms. The fourth-order valence-corrected chi connectivity index (χ4v) is 1.86. The molecule has 3 heteroatoms. The van der Waals surface area contributed by atoms with Crippen molar-refractivity contribution in [3.63, 3.8) is 0 Å².